The number of carbonyl (C=O) groups is 1. The quantitative estimate of drug-likeness (QED) is 0.808. The van der Waals surface area contributed by atoms with Crippen molar-refractivity contribution in [1.29, 1.82) is 0 Å². The SMILES string of the molecule is O=C(Nc1ccccc1CO)c1cc(Cl)ccc1O. The zero-order valence-corrected chi connectivity index (χ0v) is 10.7. The Morgan fingerprint density at radius 3 is 2.68 bits per heavy atom. The number of phenolic OH excluding ortho intramolecular Hbond substituents is 1. The first-order chi connectivity index (χ1) is 9.11. The predicted octanol–water partition coefficient (Wildman–Crippen LogP) is 2.79. The number of para-hydroxylation sites is 1. The fraction of sp³-hybridized carbons (Fsp3) is 0.0714. The molecular formula is C14H12ClNO3. The molecule has 5 heteroatoms. The molecule has 1 amide bonds. The number of rotatable bonds is 3. The Hall–Kier alpha value is -2.04. The van der Waals surface area contributed by atoms with Gasteiger partial charge < -0.3 is 15.5 Å². The van der Waals surface area contributed by atoms with E-state index in [9.17, 15) is 15.0 Å². The van der Waals surface area contributed by atoms with Gasteiger partial charge in [-0.25, -0.2) is 0 Å². The first-order valence-corrected chi connectivity index (χ1v) is 5.98. The standard InChI is InChI=1S/C14H12ClNO3/c15-10-5-6-13(18)11(7-10)14(19)16-12-4-2-1-3-9(12)8-17/h1-7,17-18H,8H2,(H,16,19). The minimum Gasteiger partial charge on any atom is -0.507 e. The van der Waals surface area contributed by atoms with Gasteiger partial charge in [0.2, 0.25) is 0 Å². The average Bonchev–Trinajstić information content (AvgIpc) is 2.42. The molecule has 0 spiro atoms. The number of aliphatic hydroxyl groups excluding tert-OH is 1. The summed E-state index contributed by atoms with van der Waals surface area (Å²) in [6.45, 7) is -0.183. The van der Waals surface area contributed by atoms with E-state index in [1.165, 1.54) is 18.2 Å². The second-order valence-electron chi connectivity index (χ2n) is 3.93. The molecule has 2 aromatic carbocycles. The molecule has 2 rings (SSSR count). The molecule has 0 aliphatic carbocycles. The first kappa shape index (κ1) is 13.4. The minimum absolute atomic E-state index is 0.0836. The van der Waals surface area contributed by atoms with E-state index in [0.717, 1.165) is 0 Å². The summed E-state index contributed by atoms with van der Waals surface area (Å²) in [5, 5.41) is 21.8. The maximum Gasteiger partial charge on any atom is 0.259 e. The molecule has 2 aromatic rings. The van der Waals surface area contributed by atoms with Gasteiger partial charge in [0.05, 0.1) is 12.2 Å². The molecule has 0 radical (unpaired) electrons. The lowest BCUT2D eigenvalue weighted by Gasteiger charge is -2.10. The first-order valence-electron chi connectivity index (χ1n) is 5.60. The number of anilines is 1. The molecular weight excluding hydrogens is 266 g/mol. The van der Waals surface area contributed by atoms with Crippen molar-refractivity contribution in [3.05, 3.63) is 58.6 Å². The normalized spacial score (nSPS) is 10.2. The molecule has 0 bridgehead atoms. The summed E-state index contributed by atoms with van der Waals surface area (Å²) in [6.07, 6.45) is 0. The highest BCUT2D eigenvalue weighted by atomic mass is 35.5. The maximum absolute atomic E-state index is 12.0. The molecule has 0 saturated heterocycles. The zero-order valence-electron chi connectivity index (χ0n) is 9.93. The summed E-state index contributed by atoms with van der Waals surface area (Å²) >= 11 is 5.79. The molecule has 3 N–H and O–H groups in total. The molecule has 0 aliphatic heterocycles. The fourth-order valence-electron chi connectivity index (χ4n) is 1.66. The second-order valence-corrected chi connectivity index (χ2v) is 4.37. The van der Waals surface area contributed by atoms with Gasteiger partial charge in [0.1, 0.15) is 5.75 Å². The largest absolute Gasteiger partial charge is 0.507 e. The van der Waals surface area contributed by atoms with Crippen LogP contribution in [0.4, 0.5) is 5.69 Å². The van der Waals surface area contributed by atoms with Crippen LogP contribution in [0.15, 0.2) is 42.5 Å². The third-order valence-electron chi connectivity index (χ3n) is 2.64. The monoisotopic (exact) mass is 277 g/mol. The predicted molar refractivity (Wildman–Crippen MR) is 73.4 cm³/mol. The Balaban J connectivity index is 2.28. The van der Waals surface area contributed by atoms with Gasteiger partial charge in [-0.05, 0) is 24.3 Å². The molecule has 0 saturated carbocycles. The molecule has 0 aliphatic rings. The van der Waals surface area contributed by atoms with Crippen molar-refractivity contribution >= 4 is 23.2 Å². The number of hydrogen-bond donors (Lipinski definition) is 3. The Morgan fingerprint density at radius 1 is 1.21 bits per heavy atom. The van der Waals surface area contributed by atoms with Crippen LogP contribution in [0, 0.1) is 0 Å². The van der Waals surface area contributed by atoms with Gasteiger partial charge in [0.25, 0.3) is 5.91 Å². The van der Waals surface area contributed by atoms with Gasteiger partial charge in [-0.3, -0.25) is 4.79 Å². The van der Waals surface area contributed by atoms with Crippen LogP contribution in [0.3, 0.4) is 0 Å². The Labute approximate surface area is 115 Å². The van der Waals surface area contributed by atoms with Crippen LogP contribution in [0.2, 0.25) is 5.02 Å². The summed E-state index contributed by atoms with van der Waals surface area (Å²) in [6, 6.07) is 11.1. The highest BCUT2D eigenvalue weighted by Crippen LogP contribution is 2.23. The van der Waals surface area contributed by atoms with E-state index in [-0.39, 0.29) is 17.9 Å². The zero-order chi connectivity index (χ0) is 13.8. The molecule has 4 nitrogen and oxygen atoms in total. The van der Waals surface area contributed by atoms with E-state index in [0.29, 0.717) is 16.3 Å². The van der Waals surface area contributed by atoms with E-state index in [4.69, 9.17) is 11.6 Å². The van der Waals surface area contributed by atoms with Crippen molar-refractivity contribution in [3.8, 4) is 5.75 Å². The van der Waals surface area contributed by atoms with E-state index in [1.54, 1.807) is 24.3 Å². The number of nitrogens with one attached hydrogen (secondary N) is 1. The van der Waals surface area contributed by atoms with Crippen LogP contribution >= 0.6 is 11.6 Å². The highest BCUT2D eigenvalue weighted by Gasteiger charge is 2.13. The van der Waals surface area contributed by atoms with Crippen molar-refractivity contribution < 1.29 is 15.0 Å². The third kappa shape index (κ3) is 3.05. The molecule has 0 aromatic heterocycles. The minimum atomic E-state index is -0.485. The van der Waals surface area contributed by atoms with Crippen LogP contribution in [0.1, 0.15) is 15.9 Å². The molecule has 19 heavy (non-hydrogen) atoms. The molecule has 0 atom stereocenters. The van der Waals surface area contributed by atoms with E-state index in [1.807, 2.05) is 0 Å². The topological polar surface area (TPSA) is 69.6 Å². The molecule has 0 heterocycles. The number of phenols is 1. The van der Waals surface area contributed by atoms with Crippen molar-refractivity contribution in [1.82, 2.24) is 0 Å². The van der Waals surface area contributed by atoms with Crippen molar-refractivity contribution in [2.45, 2.75) is 6.61 Å². The number of amides is 1. The molecule has 98 valence electrons. The van der Waals surface area contributed by atoms with Crippen LogP contribution in [-0.4, -0.2) is 16.1 Å². The van der Waals surface area contributed by atoms with Gasteiger partial charge in [-0.1, -0.05) is 29.8 Å². The maximum atomic E-state index is 12.0. The average molecular weight is 278 g/mol. The summed E-state index contributed by atoms with van der Waals surface area (Å²) in [5.74, 6) is -0.635. The lowest BCUT2D eigenvalue weighted by Crippen LogP contribution is -2.13. The smallest absolute Gasteiger partial charge is 0.259 e. The van der Waals surface area contributed by atoms with Crippen molar-refractivity contribution in [2.75, 3.05) is 5.32 Å². The highest BCUT2D eigenvalue weighted by molar-refractivity contribution is 6.31. The van der Waals surface area contributed by atoms with Crippen molar-refractivity contribution in [2.24, 2.45) is 0 Å². The third-order valence-corrected chi connectivity index (χ3v) is 2.87. The number of aliphatic hydroxyl groups is 1. The Bertz CT molecular complexity index is 613. The van der Waals surface area contributed by atoms with Gasteiger partial charge >= 0.3 is 0 Å². The van der Waals surface area contributed by atoms with Gasteiger partial charge in [-0.2, -0.15) is 0 Å². The fourth-order valence-corrected chi connectivity index (χ4v) is 1.83. The van der Waals surface area contributed by atoms with Gasteiger partial charge in [0.15, 0.2) is 0 Å². The van der Waals surface area contributed by atoms with E-state index >= 15 is 0 Å². The van der Waals surface area contributed by atoms with Crippen molar-refractivity contribution in [3.63, 3.8) is 0 Å². The van der Waals surface area contributed by atoms with E-state index in [2.05, 4.69) is 5.32 Å². The lowest BCUT2D eigenvalue weighted by atomic mass is 10.1. The van der Waals surface area contributed by atoms with Crippen LogP contribution in [0.25, 0.3) is 0 Å². The lowest BCUT2D eigenvalue weighted by molar-refractivity contribution is 0.102. The molecule has 0 fully saturated rings. The van der Waals surface area contributed by atoms with Crippen LogP contribution in [-0.2, 0) is 6.61 Å². The number of halogens is 1. The molecule has 0 unspecified atom stereocenters. The van der Waals surface area contributed by atoms with Crippen LogP contribution in [0.5, 0.6) is 5.75 Å². The summed E-state index contributed by atoms with van der Waals surface area (Å²) < 4.78 is 0. The number of hydrogen-bond acceptors (Lipinski definition) is 3. The summed E-state index contributed by atoms with van der Waals surface area (Å²) in [7, 11) is 0. The van der Waals surface area contributed by atoms with E-state index < -0.39 is 5.91 Å². The van der Waals surface area contributed by atoms with Crippen LogP contribution < -0.4 is 5.32 Å². The number of aromatic hydroxyl groups is 1. The second kappa shape index (κ2) is 5.73. The van der Waals surface area contributed by atoms with Gasteiger partial charge in [-0.15, -0.1) is 0 Å². The number of carbonyl (C=O) groups excluding carboxylic acids is 1. The Morgan fingerprint density at radius 2 is 1.95 bits per heavy atom. The summed E-state index contributed by atoms with van der Waals surface area (Å²) in [5.41, 5.74) is 1.17. The Kier molecular flexibility index (Phi) is 4.04. The number of benzene rings is 2. The van der Waals surface area contributed by atoms with Gasteiger partial charge in [0, 0.05) is 16.3 Å². The summed E-state index contributed by atoms with van der Waals surface area (Å²) in [4.78, 5) is 12.0.